The summed E-state index contributed by atoms with van der Waals surface area (Å²) in [5.74, 6) is -0.688. The van der Waals surface area contributed by atoms with Crippen LogP contribution in [0.25, 0.3) is 6.08 Å². The molecule has 25 heavy (non-hydrogen) atoms. The number of esters is 1. The van der Waals surface area contributed by atoms with Crippen LogP contribution in [0.15, 0.2) is 54.6 Å². The Balaban J connectivity index is 2.04. The summed E-state index contributed by atoms with van der Waals surface area (Å²) in [7, 11) is 1.35. The normalized spacial score (nSPS) is 10.6. The molecule has 5 nitrogen and oxygen atoms in total. The lowest BCUT2D eigenvalue weighted by Crippen LogP contribution is -2.11. The third kappa shape index (κ3) is 6.14. The van der Waals surface area contributed by atoms with Crippen molar-refractivity contribution in [2.24, 2.45) is 5.73 Å². The molecule has 0 heterocycles. The molecule has 0 bridgehead atoms. The predicted molar refractivity (Wildman–Crippen MR) is 98.8 cm³/mol. The molecule has 3 N–H and O–H groups in total. The molecule has 130 valence electrons. The topological polar surface area (TPSA) is 81.4 Å². The number of primary amides is 1. The fraction of sp³-hybridized carbons (Fsp3) is 0.200. The molecule has 0 saturated carbocycles. The van der Waals surface area contributed by atoms with Gasteiger partial charge in [-0.25, -0.2) is 4.79 Å². The Labute approximate surface area is 147 Å². The molecule has 5 heteroatoms. The predicted octanol–water partition coefficient (Wildman–Crippen LogP) is 2.90. The molecule has 0 fully saturated rings. The van der Waals surface area contributed by atoms with Crippen molar-refractivity contribution in [2.45, 2.75) is 19.4 Å². The van der Waals surface area contributed by atoms with E-state index >= 15 is 0 Å². The van der Waals surface area contributed by atoms with Crippen LogP contribution in [0, 0.1) is 0 Å². The highest BCUT2D eigenvalue weighted by Gasteiger charge is 2.02. The number of anilines is 1. The lowest BCUT2D eigenvalue weighted by Gasteiger charge is -2.11. The van der Waals surface area contributed by atoms with E-state index in [2.05, 4.69) is 16.1 Å². The minimum atomic E-state index is -0.392. The van der Waals surface area contributed by atoms with Gasteiger partial charge in [0.1, 0.15) is 0 Å². The lowest BCUT2D eigenvalue weighted by atomic mass is 10.1. The molecule has 0 aliphatic rings. The molecular weight excluding hydrogens is 316 g/mol. The quantitative estimate of drug-likeness (QED) is 0.573. The van der Waals surface area contributed by atoms with E-state index in [1.54, 1.807) is 6.08 Å². The molecule has 0 atom stereocenters. The average Bonchev–Trinajstić information content (AvgIpc) is 2.63. The third-order valence-electron chi connectivity index (χ3n) is 3.70. The molecule has 0 aromatic heterocycles. The van der Waals surface area contributed by atoms with E-state index < -0.39 is 5.97 Å². The Morgan fingerprint density at radius 2 is 1.88 bits per heavy atom. The monoisotopic (exact) mass is 338 g/mol. The Bertz CT molecular complexity index is 769. The van der Waals surface area contributed by atoms with Gasteiger partial charge in [0.25, 0.3) is 0 Å². The zero-order valence-electron chi connectivity index (χ0n) is 14.2. The number of para-hydroxylation sites is 1. The van der Waals surface area contributed by atoms with Crippen molar-refractivity contribution in [1.82, 2.24) is 0 Å². The molecule has 0 saturated heterocycles. The highest BCUT2D eigenvalue weighted by Crippen LogP contribution is 2.18. The van der Waals surface area contributed by atoms with Gasteiger partial charge in [-0.1, -0.05) is 42.5 Å². The second kappa shape index (κ2) is 9.27. The molecule has 2 aromatic carbocycles. The second-order valence-corrected chi connectivity index (χ2v) is 5.58. The van der Waals surface area contributed by atoms with Crippen molar-refractivity contribution < 1.29 is 14.3 Å². The van der Waals surface area contributed by atoms with Gasteiger partial charge < -0.3 is 15.8 Å². The van der Waals surface area contributed by atoms with Gasteiger partial charge >= 0.3 is 5.97 Å². The first-order valence-electron chi connectivity index (χ1n) is 8.03. The number of rotatable bonds is 8. The number of hydrogen-bond donors (Lipinski definition) is 2. The number of amides is 1. The summed E-state index contributed by atoms with van der Waals surface area (Å²) in [6.07, 6.45) is 4.10. The van der Waals surface area contributed by atoms with Crippen molar-refractivity contribution in [3.05, 3.63) is 71.3 Å². The number of ether oxygens (including phenoxy) is 1. The largest absolute Gasteiger partial charge is 0.466 e. The maximum Gasteiger partial charge on any atom is 0.330 e. The average molecular weight is 338 g/mol. The fourth-order valence-electron chi connectivity index (χ4n) is 2.39. The van der Waals surface area contributed by atoms with Crippen LogP contribution in [0.3, 0.4) is 0 Å². The summed E-state index contributed by atoms with van der Waals surface area (Å²) >= 11 is 0. The summed E-state index contributed by atoms with van der Waals surface area (Å²) in [5, 5.41) is 3.37. The number of methoxy groups -OCH3 is 1. The molecule has 1 amide bonds. The number of nitrogens with two attached hydrogens (primary N) is 1. The van der Waals surface area contributed by atoms with E-state index in [0.29, 0.717) is 19.4 Å². The van der Waals surface area contributed by atoms with Gasteiger partial charge in [0, 0.05) is 24.7 Å². The van der Waals surface area contributed by atoms with Gasteiger partial charge in [-0.3, -0.25) is 4.79 Å². The van der Waals surface area contributed by atoms with Crippen LogP contribution in [-0.4, -0.2) is 19.0 Å². The summed E-state index contributed by atoms with van der Waals surface area (Å²) in [6.45, 7) is 0.632. The van der Waals surface area contributed by atoms with Gasteiger partial charge in [0.2, 0.25) is 5.91 Å². The van der Waals surface area contributed by atoms with E-state index in [1.807, 2.05) is 42.5 Å². The summed E-state index contributed by atoms with van der Waals surface area (Å²) < 4.78 is 4.62. The first-order chi connectivity index (χ1) is 12.1. The van der Waals surface area contributed by atoms with Crippen LogP contribution >= 0.6 is 0 Å². The van der Waals surface area contributed by atoms with E-state index in [9.17, 15) is 9.59 Å². The van der Waals surface area contributed by atoms with Crippen molar-refractivity contribution in [3.8, 4) is 0 Å². The van der Waals surface area contributed by atoms with E-state index in [-0.39, 0.29) is 5.91 Å². The van der Waals surface area contributed by atoms with Crippen molar-refractivity contribution in [2.75, 3.05) is 12.4 Å². The molecule has 0 aliphatic carbocycles. The Hall–Kier alpha value is -3.08. The summed E-state index contributed by atoms with van der Waals surface area (Å²) in [4.78, 5) is 22.2. The first-order valence-corrected chi connectivity index (χ1v) is 8.03. The number of aryl methyl sites for hydroxylation is 1. The smallest absolute Gasteiger partial charge is 0.330 e. The molecule has 0 radical (unpaired) electrons. The fourth-order valence-corrected chi connectivity index (χ4v) is 2.39. The SMILES string of the molecule is COC(=O)/C=C/c1ccccc1NCc1cccc(CCC(N)=O)c1. The van der Waals surface area contributed by atoms with Crippen molar-refractivity contribution >= 4 is 23.6 Å². The van der Waals surface area contributed by atoms with Crippen molar-refractivity contribution in [3.63, 3.8) is 0 Å². The van der Waals surface area contributed by atoms with Gasteiger partial charge in [-0.15, -0.1) is 0 Å². The molecule has 2 rings (SSSR count). The van der Waals surface area contributed by atoms with E-state index in [4.69, 9.17) is 5.73 Å². The van der Waals surface area contributed by atoms with E-state index in [0.717, 1.165) is 22.4 Å². The van der Waals surface area contributed by atoms with Gasteiger partial charge in [-0.2, -0.15) is 0 Å². The molecule has 2 aromatic rings. The van der Waals surface area contributed by atoms with Gasteiger partial charge in [-0.05, 0) is 35.3 Å². The van der Waals surface area contributed by atoms with Crippen LogP contribution < -0.4 is 11.1 Å². The number of carbonyl (C=O) groups excluding carboxylic acids is 2. The van der Waals surface area contributed by atoms with Crippen LogP contribution in [0.5, 0.6) is 0 Å². The van der Waals surface area contributed by atoms with Crippen LogP contribution in [-0.2, 0) is 27.3 Å². The zero-order valence-corrected chi connectivity index (χ0v) is 14.2. The minimum Gasteiger partial charge on any atom is -0.466 e. The number of carbonyl (C=O) groups is 2. The number of benzene rings is 2. The zero-order chi connectivity index (χ0) is 18.1. The standard InChI is InChI=1S/C20H22N2O3/c1-25-20(24)12-10-17-7-2-3-8-18(17)22-14-16-6-4-5-15(13-16)9-11-19(21)23/h2-8,10,12-13,22H,9,11,14H2,1H3,(H2,21,23)/b12-10+. The second-order valence-electron chi connectivity index (χ2n) is 5.58. The summed E-state index contributed by atoms with van der Waals surface area (Å²) in [5.41, 5.74) is 9.21. The Morgan fingerprint density at radius 3 is 2.64 bits per heavy atom. The number of nitrogens with one attached hydrogen (secondary N) is 1. The van der Waals surface area contributed by atoms with Crippen molar-refractivity contribution in [1.29, 1.82) is 0 Å². The van der Waals surface area contributed by atoms with Gasteiger partial charge in [0.05, 0.1) is 7.11 Å². The maximum atomic E-state index is 11.3. The highest BCUT2D eigenvalue weighted by atomic mass is 16.5. The molecule has 0 aliphatic heterocycles. The van der Waals surface area contributed by atoms with E-state index in [1.165, 1.54) is 13.2 Å². The first kappa shape index (κ1) is 18.3. The Morgan fingerprint density at radius 1 is 1.12 bits per heavy atom. The van der Waals surface area contributed by atoms with Crippen LogP contribution in [0.4, 0.5) is 5.69 Å². The summed E-state index contributed by atoms with van der Waals surface area (Å²) in [6, 6.07) is 15.7. The molecular formula is C20H22N2O3. The highest BCUT2D eigenvalue weighted by molar-refractivity contribution is 5.88. The number of hydrogen-bond acceptors (Lipinski definition) is 4. The van der Waals surface area contributed by atoms with Crippen LogP contribution in [0.2, 0.25) is 0 Å². The van der Waals surface area contributed by atoms with Crippen LogP contribution in [0.1, 0.15) is 23.1 Å². The Kier molecular flexibility index (Phi) is 6.77. The lowest BCUT2D eigenvalue weighted by molar-refractivity contribution is -0.134. The third-order valence-corrected chi connectivity index (χ3v) is 3.70. The molecule has 0 unspecified atom stereocenters. The minimum absolute atomic E-state index is 0.296. The maximum absolute atomic E-state index is 11.3. The molecule has 0 spiro atoms. The van der Waals surface area contributed by atoms with Gasteiger partial charge in [0.15, 0.2) is 0 Å².